The molecule has 7 heteroatoms. The van der Waals surface area contributed by atoms with Crippen LogP contribution in [-0.2, 0) is 14.3 Å². The average Bonchev–Trinajstić information content (AvgIpc) is 2.31. The van der Waals surface area contributed by atoms with Crippen molar-refractivity contribution in [1.82, 2.24) is 0 Å². The molecule has 1 rings (SSSR count). The second kappa shape index (κ2) is 6.83. The molecule has 0 spiro atoms. The highest BCUT2D eigenvalue weighted by atomic mass is 35.5. The first kappa shape index (κ1) is 14.3. The lowest BCUT2D eigenvalue weighted by Gasteiger charge is -2.08. The zero-order valence-corrected chi connectivity index (χ0v) is 10.4. The molecule has 0 fully saturated rings. The molecule has 0 saturated carbocycles. The van der Waals surface area contributed by atoms with Crippen molar-refractivity contribution in [2.75, 3.05) is 25.6 Å². The van der Waals surface area contributed by atoms with Crippen molar-refractivity contribution in [3.63, 3.8) is 0 Å². The Morgan fingerprint density at radius 3 is 2.72 bits per heavy atom. The molecule has 0 unspecified atom stereocenters. The number of hydrogen-bond acceptors (Lipinski definition) is 4. The molecule has 6 nitrogen and oxygen atoms in total. The van der Waals surface area contributed by atoms with E-state index in [2.05, 4.69) is 10.1 Å². The van der Waals surface area contributed by atoms with Crippen LogP contribution < -0.4 is 10.1 Å². The van der Waals surface area contributed by atoms with Crippen LogP contribution in [0.5, 0.6) is 5.75 Å². The van der Waals surface area contributed by atoms with Gasteiger partial charge in [-0.05, 0) is 12.1 Å². The van der Waals surface area contributed by atoms with Gasteiger partial charge in [0.1, 0.15) is 19.0 Å². The lowest BCUT2D eigenvalue weighted by Crippen LogP contribution is -2.20. The third-order valence-electron chi connectivity index (χ3n) is 1.91. The zero-order chi connectivity index (χ0) is 13.5. The predicted octanol–water partition coefficient (Wildman–Crippen LogP) is 1.39. The summed E-state index contributed by atoms with van der Waals surface area (Å²) in [5, 5.41) is 11.2. The quantitative estimate of drug-likeness (QED) is 0.818. The summed E-state index contributed by atoms with van der Waals surface area (Å²) in [5.41, 5.74) is 0.375. The van der Waals surface area contributed by atoms with E-state index < -0.39 is 18.5 Å². The maximum Gasteiger partial charge on any atom is 0.329 e. The number of hydrogen-bond donors (Lipinski definition) is 2. The van der Waals surface area contributed by atoms with Gasteiger partial charge in [-0.2, -0.15) is 0 Å². The van der Waals surface area contributed by atoms with Gasteiger partial charge in [0.05, 0.1) is 17.8 Å². The van der Waals surface area contributed by atoms with Gasteiger partial charge >= 0.3 is 5.97 Å². The van der Waals surface area contributed by atoms with Crippen molar-refractivity contribution < 1.29 is 24.2 Å². The van der Waals surface area contributed by atoms with Gasteiger partial charge in [0.2, 0.25) is 5.91 Å². The fourth-order valence-corrected chi connectivity index (χ4v) is 1.31. The van der Waals surface area contributed by atoms with Crippen LogP contribution in [0.3, 0.4) is 0 Å². The fraction of sp³-hybridized carbons (Fsp3) is 0.273. The number of rotatable bonds is 6. The smallest absolute Gasteiger partial charge is 0.329 e. The van der Waals surface area contributed by atoms with Crippen LogP contribution >= 0.6 is 11.6 Å². The van der Waals surface area contributed by atoms with Crippen molar-refractivity contribution in [2.24, 2.45) is 0 Å². The predicted molar refractivity (Wildman–Crippen MR) is 65.1 cm³/mol. The molecule has 0 radical (unpaired) electrons. The maximum absolute atomic E-state index is 11.4. The van der Waals surface area contributed by atoms with Crippen LogP contribution in [0.4, 0.5) is 5.69 Å². The summed E-state index contributed by atoms with van der Waals surface area (Å²) in [6.07, 6.45) is 0. The Labute approximate surface area is 108 Å². The van der Waals surface area contributed by atoms with E-state index in [1.807, 2.05) is 0 Å². The van der Waals surface area contributed by atoms with E-state index >= 15 is 0 Å². The molecular weight excluding hydrogens is 262 g/mol. The summed E-state index contributed by atoms with van der Waals surface area (Å²) < 4.78 is 9.62. The molecule has 1 amide bonds. The summed E-state index contributed by atoms with van der Waals surface area (Å²) in [7, 11) is 1.49. The number of benzene rings is 1. The van der Waals surface area contributed by atoms with E-state index in [0.717, 1.165) is 0 Å². The monoisotopic (exact) mass is 273 g/mol. The lowest BCUT2D eigenvalue weighted by atomic mass is 10.3. The molecule has 0 aliphatic rings. The molecule has 0 bridgehead atoms. The van der Waals surface area contributed by atoms with Crippen LogP contribution in [0.25, 0.3) is 0 Å². The Balaban J connectivity index is 2.55. The van der Waals surface area contributed by atoms with Crippen molar-refractivity contribution in [3.05, 3.63) is 23.2 Å². The number of carbonyl (C=O) groups is 2. The van der Waals surface area contributed by atoms with Crippen molar-refractivity contribution in [3.8, 4) is 5.75 Å². The molecule has 98 valence electrons. The average molecular weight is 274 g/mol. The number of amides is 1. The Kier molecular flexibility index (Phi) is 5.41. The van der Waals surface area contributed by atoms with E-state index in [1.165, 1.54) is 7.11 Å². The number of methoxy groups -OCH3 is 1. The summed E-state index contributed by atoms with van der Waals surface area (Å²) in [4.78, 5) is 21.6. The van der Waals surface area contributed by atoms with E-state index in [0.29, 0.717) is 16.5 Å². The first-order valence-electron chi connectivity index (χ1n) is 4.96. The van der Waals surface area contributed by atoms with Crippen LogP contribution in [0.15, 0.2) is 18.2 Å². The van der Waals surface area contributed by atoms with Gasteiger partial charge in [-0.25, -0.2) is 4.79 Å². The number of halogens is 1. The number of carboxylic acids is 1. The Morgan fingerprint density at radius 1 is 1.39 bits per heavy atom. The standard InChI is InChI=1S/C11H12ClNO5/c1-17-7-2-3-8(12)9(4-7)13-10(14)5-18-6-11(15)16/h2-4H,5-6H2,1H3,(H,13,14)(H,15,16). The molecule has 0 aromatic heterocycles. The number of aliphatic carboxylic acids is 1. The molecule has 0 aliphatic heterocycles. The number of ether oxygens (including phenoxy) is 2. The first-order valence-corrected chi connectivity index (χ1v) is 5.33. The highest BCUT2D eigenvalue weighted by Crippen LogP contribution is 2.26. The van der Waals surface area contributed by atoms with Crippen LogP contribution in [0.1, 0.15) is 0 Å². The van der Waals surface area contributed by atoms with Gasteiger partial charge in [-0.3, -0.25) is 4.79 Å². The molecule has 0 atom stereocenters. The Hall–Kier alpha value is -1.79. The lowest BCUT2D eigenvalue weighted by molar-refractivity contribution is -0.143. The molecule has 18 heavy (non-hydrogen) atoms. The van der Waals surface area contributed by atoms with Gasteiger partial charge < -0.3 is 19.9 Å². The first-order chi connectivity index (χ1) is 8.52. The number of anilines is 1. The fourth-order valence-electron chi connectivity index (χ4n) is 1.14. The summed E-state index contributed by atoms with van der Waals surface area (Å²) >= 11 is 5.88. The van der Waals surface area contributed by atoms with Crippen molar-refractivity contribution in [2.45, 2.75) is 0 Å². The third kappa shape index (κ3) is 4.60. The molecule has 0 aliphatic carbocycles. The van der Waals surface area contributed by atoms with E-state index in [-0.39, 0.29) is 6.61 Å². The normalized spacial score (nSPS) is 9.89. The third-order valence-corrected chi connectivity index (χ3v) is 2.24. The minimum absolute atomic E-state index is 0.349. The topological polar surface area (TPSA) is 84.9 Å². The molecule has 2 N–H and O–H groups in total. The SMILES string of the molecule is COc1ccc(Cl)c(NC(=O)COCC(=O)O)c1. The van der Waals surface area contributed by atoms with Gasteiger partial charge in [0, 0.05) is 6.07 Å². The molecule has 1 aromatic carbocycles. The minimum Gasteiger partial charge on any atom is -0.497 e. The summed E-state index contributed by atoms with van der Waals surface area (Å²) in [6, 6.07) is 4.78. The van der Waals surface area contributed by atoms with Gasteiger partial charge in [0.25, 0.3) is 0 Å². The zero-order valence-electron chi connectivity index (χ0n) is 9.60. The second-order valence-corrected chi connectivity index (χ2v) is 3.69. The van der Waals surface area contributed by atoms with E-state index in [4.69, 9.17) is 21.4 Å². The van der Waals surface area contributed by atoms with Gasteiger partial charge in [0.15, 0.2) is 0 Å². The largest absolute Gasteiger partial charge is 0.497 e. The second-order valence-electron chi connectivity index (χ2n) is 3.28. The maximum atomic E-state index is 11.4. The van der Waals surface area contributed by atoms with Crippen LogP contribution in [-0.4, -0.2) is 37.3 Å². The number of carbonyl (C=O) groups excluding carboxylic acids is 1. The Morgan fingerprint density at radius 2 is 2.11 bits per heavy atom. The molecule has 0 saturated heterocycles. The molecule has 0 heterocycles. The summed E-state index contributed by atoms with van der Waals surface area (Å²) in [6.45, 7) is -0.890. The summed E-state index contributed by atoms with van der Waals surface area (Å²) in [5.74, 6) is -1.09. The van der Waals surface area contributed by atoms with E-state index in [9.17, 15) is 9.59 Å². The van der Waals surface area contributed by atoms with Crippen molar-refractivity contribution in [1.29, 1.82) is 0 Å². The minimum atomic E-state index is -1.14. The van der Waals surface area contributed by atoms with Gasteiger partial charge in [-0.1, -0.05) is 11.6 Å². The molecular formula is C11H12ClNO5. The number of nitrogens with one attached hydrogen (secondary N) is 1. The number of carboxylic acid groups (broad SMARTS) is 1. The van der Waals surface area contributed by atoms with E-state index in [1.54, 1.807) is 18.2 Å². The van der Waals surface area contributed by atoms with Gasteiger partial charge in [-0.15, -0.1) is 0 Å². The van der Waals surface area contributed by atoms with Crippen molar-refractivity contribution >= 4 is 29.2 Å². The van der Waals surface area contributed by atoms with Crippen LogP contribution in [0.2, 0.25) is 5.02 Å². The Bertz CT molecular complexity index is 449. The highest BCUT2D eigenvalue weighted by Gasteiger charge is 2.08. The molecule has 1 aromatic rings. The highest BCUT2D eigenvalue weighted by molar-refractivity contribution is 6.33. The van der Waals surface area contributed by atoms with Crippen LogP contribution in [0, 0.1) is 0 Å².